The van der Waals surface area contributed by atoms with E-state index >= 15 is 0 Å². The van der Waals surface area contributed by atoms with E-state index in [4.69, 9.17) is 9.15 Å². The number of hydrogen-bond donors (Lipinski definition) is 1. The Balaban J connectivity index is 1.38. The minimum atomic E-state index is -0.461. The summed E-state index contributed by atoms with van der Waals surface area (Å²) in [6.45, 7) is 6.23. The first-order valence-corrected chi connectivity index (χ1v) is 11.3. The zero-order chi connectivity index (χ0) is 24.5. The Hall–Kier alpha value is -4.24. The molecule has 4 aromatic rings. The van der Waals surface area contributed by atoms with Crippen LogP contribution in [0.2, 0.25) is 0 Å². The molecule has 1 fully saturated rings. The van der Waals surface area contributed by atoms with Crippen LogP contribution in [0.25, 0.3) is 22.6 Å². The van der Waals surface area contributed by atoms with Crippen molar-refractivity contribution in [3.05, 3.63) is 81.4 Å². The summed E-state index contributed by atoms with van der Waals surface area (Å²) in [5.41, 5.74) is 5.50. The van der Waals surface area contributed by atoms with Gasteiger partial charge in [-0.2, -0.15) is 0 Å². The van der Waals surface area contributed by atoms with E-state index in [9.17, 15) is 14.9 Å². The van der Waals surface area contributed by atoms with E-state index in [0.29, 0.717) is 54.7 Å². The summed E-state index contributed by atoms with van der Waals surface area (Å²) in [5.74, 6) is 0.0553. The third-order valence-corrected chi connectivity index (χ3v) is 6.19. The van der Waals surface area contributed by atoms with Crippen molar-refractivity contribution in [2.24, 2.45) is 0 Å². The number of nitro benzene ring substituents is 1. The number of carbonyl (C=O) groups excluding carboxylic acids is 1. The number of nitrogens with zero attached hydrogens (tertiary/aromatic N) is 3. The lowest BCUT2D eigenvalue weighted by molar-refractivity contribution is -0.384. The van der Waals surface area contributed by atoms with Gasteiger partial charge in [-0.15, -0.1) is 0 Å². The third-order valence-electron chi connectivity index (χ3n) is 6.19. The highest BCUT2D eigenvalue weighted by molar-refractivity contribution is 6.05. The van der Waals surface area contributed by atoms with E-state index in [1.165, 1.54) is 11.6 Å². The molecule has 0 saturated carbocycles. The van der Waals surface area contributed by atoms with Crippen LogP contribution in [0.1, 0.15) is 21.5 Å². The molecule has 1 N–H and O–H groups in total. The van der Waals surface area contributed by atoms with E-state index in [1.54, 1.807) is 30.3 Å². The summed E-state index contributed by atoms with van der Waals surface area (Å²) in [5, 5.41) is 14.5. The number of aryl methyl sites for hydroxylation is 2. The zero-order valence-corrected chi connectivity index (χ0v) is 19.4. The van der Waals surface area contributed by atoms with E-state index in [0.717, 1.165) is 11.1 Å². The normalized spacial score (nSPS) is 13.7. The Morgan fingerprint density at radius 3 is 2.57 bits per heavy atom. The van der Waals surface area contributed by atoms with Crippen molar-refractivity contribution >= 4 is 34.1 Å². The number of fused-ring (bicyclic) bond motifs is 1. The number of amides is 1. The maximum Gasteiger partial charge on any atom is 0.293 e. The maximum atomic E-state index is 12.9. The van der Waals surface area contributed by atoms with Gasteiger partial charge < -0.3 is 19.4 Å². The molecule has 5 rings (SSSR count). The number of oxazole rings is 1. The standard InChI is InChI=1S/C26H24N4O5/c1-16-3-4-19(13-17(16)2)26-28-21-15-20(6-8-24(21)35-26)27-25(31)18-5-7-22(23(14-18)30(32)33)29-9-11-34-12-10-29/h3-8,13-15H,9-12H2,1-2H3,(H,27,31). The molecule has 0 radical (unpaired) electrons. The van der Waals surface area contributed by atoms with Crippen molar-refractivity contribution in [3.8, 4) is 11.5 Å². The van der Waals surface area contributed by atoms with Crippen LogP contribution in [0.15, 0.2) is 59.0 Å². The molecule has 1 aliphatic rings. The molecule has 1 aromatic heterocycles. The SMILES string of the molecule is Cc1ccc(-c2nc3cc(NC(=O)c4ccc(N5CCOCC5)c([N+](=O)[O-])c4)ccc3o2)cc1C. The minimum absolute atomic E-state index is 0.107. The van der Waals surface area contributed by atoms with E-state index in [-0.39, 0.29) is 11.3 Å². The number of rotatable bonds is 5. The molecule has 1 aliphatic heterocycles. The van der Waals surface area contributed by atoms with Crippen LogP contribution in [0, 0.1) is 24.0 Å². The zero-order valence-electron chi connectivity index (χ0n) is 19.4. The summed E-state index contributed by atoms with van der Waals surface area (Å²) >= 11 is 0. The number of anilines is 2. The Morgan fingerprint density at radius 2 is 1.83 bits per heavy atom. The summed E-state index contributed by atoms with van der Waals surface area (Å²) in [7, 11) is 0. The number of benzene rings is 3. The van der Waals surface area contributed by atoms with Crippen LogP contribution in [0.5, 0.6) is 0 Å². The van der Waals surface area contributed by atoms with Crippen molar-refractivity contribution in [3.63, 3.8) is 0 Å². The second-order valence-electron chi connectivity index (χ2n) is 8.51. The van der Waals surface area contributed by atoms with Crippen LogP contribution in [-0.2, 0) is 4.74 Å². The summed E-state index contributed by atoms with van der Waals surface area (Å²) in [6, 6.07) is 15.7. The van der Waals surface area contributed by atoms with Crippen LogP contribution in [0.4, 0.5) is 17.1 Å². The van der Waals surface area contributed by atoms with E-state index < -0.39 is 10.8 Å². The molecule has 0 atom stereocenters. The van der Waals surface area contributed by atoms with Crippen molar-refractivity contribution in [1.82, 2.24) is 4.98 Å². The van der Waals surface area contributed by atoms with Gasteiger partial charge in [0.2, 0.25) is 5.89 Å². The van der Waals surface area contributed by atoms with Gasteiger partial charge in [-0.3, -0.25) is 14.9 Å². The minimum Gasteiger partial charge on any atom is -0.436 e. The first kappa shape index (κ1) is 22.5. The number of carbonyl (C=O) groups is 1. The number of morpholine rings is 1. The molecule has 0 bridgehead atoms. The summed E-state index contributed by atoms with van der Waals surface area (Å²) in [6.07, 6.45) is 0. The Morgan fingerprint density at radius 1 is 1.03 bits per heavy atom. The smallest absolute Gasteiger partial charge is 0.293 e. The molecule has 3 aromatic carbocycles. The van der Waals surface area contributed by atoms with Crippen molar-refractivity contribution < 1.29 is 18.9 Å². The predicted octanol–water partition coefficient (Wildman–Crippen LogP) is 5.11. The maximum absolute atomic E-state index is 12.9. The second kappa shape index (κ2) is 9.19. The fourth-order valence-electron chi connectivity index (χ4n) is 4.09. The Kier molecular flexibility index (Phi) is 5.92. The molecule has 1 amide bonds. The van der Waals surface area contributed by atoms with Gasteiger partial charge in [0.15, 0.2) is 5.58 Å². The lowest BCUT2D eigenvalue weighted by Gasteiger charge is -2.28. The molecule has 9 heteroatoms. The average molecular weight is 473 g/mol. The monoisotopic (exact) mass is 472 g/mol. The van der Waals surface area contributed by atoms with Gasteiger partial charge in [-0.1, -0.05) is 6.07 Å². The first-order valence-electron chi connectivity index (χ1n) is 11.3. The van der Waals surface area contributed by atoms with Crippen molar-refractivity contribution in [2.45, 2.75) is 13.8 Å². The molecule has 9 nitrogen and oxygen atoms in total. The topological polar surface area (TPSA) is 111 Å². The van der Waals surface area contributed by atoms with Crippen LogP contribution < -0.4 is 10.2 Å². The van der Waals surface area contributed by atoms with Crippen LogP contribution in [0.3, 0.4) is 0 Å². The highest BCUT2D eigenvalue weighted by Gasteiger charge is 2.23. The van der Waals surface area contributed by atoms with Gasteiger partial charge in [-0.25, -0.2) is 4.98 Å². The molecule has 0 spiro atoms. The Labute approximate surface area is 201 Å². The molecule has 35 heavy (non-hydrogen) atoms. The van der Waals surface area contributed by atoms with Crippen molar-refractivity contribution in [2.75, 3.05) is 36.5 Å². The molecule has 2 heterocycles. The number of nitrogens with one attached hydrogen (secondary N) is 1. The lowest BCUT2D eigenvalue weighted by atomic mass is 10.1. The second-order valence-corrected chi connectivity index (χ2v) is 8.51. The molecule has 0 unspecified atom stereocenters. The molecule has 0 aliphatic carbocycles. The van der Waals surface area contributed by atoms with Crippen molar-refractivity contribution in [1.29, 1.82) is 0 Å². The summed E-state index contributed by atoms with van der Waals surface area (Å²) in [4.78, 5) is 30.6. The van der Waals surface area contributed by atoms with E-state index in [2.05, 4.69) is 10.3 Å². The largest absolute Gasteiger partial charge is 0.436 e. The molecular weight excluding hydrogens is 448 g/mol. The highest BCUT2D eigenvalue weighted by atomic mass is 16.6. The fraction of sp³-hybridized carbons (Fsp3) is 0.231. The predicted molar refractivity (Wildman–Crippen MR) is 133 cm³/mol. The van der Waals surface area contributed by atoms with Gasteiger partial charge in [-0.05, 0) is 67.4 Å². The average Bonchev–Trinajstić information content (AvgIpc) is 3.29. The first-order chi connectivity index (χ1) is 16.9. The van der Waals surface area contributed by atoms with Crippen LogP contribution >= 0.6 is 0 Å². The highest BCUT2D eigenvalue weighted by Crippen LogP contribution is 2.31. The number of hydrogen-bond acceptors (Lipinski definition) is 7. The van der Waals surface area contributed by atoms with Gasteiger partial charge >= 0.3 is 0 Å². The van der Waals surface area contributed by atoms with Crippen LogP contribution in [-0.4, -0.2) is 42.1 Å². The molecule has 178 valence electrons. The van der Waals surface area contributed by atoms with E-state index in [1.807, 2.05) is 36.9 Å². The number of aromatic nitrogens is 1. The van der Waals surface area contributed by atoms with Gasteiger partial charge in [0, 0.05) is 36.0 Å². The lowest BCUT2D eigenvalue weighted by Crippen LogP contribution is -2.36. The third kappa shape index (κ3) is 4.58. The quantitative estimate of drug-likeness (QED) is 0.317. The van der Waals surface area contributed by atoms with Gasteiger partial charge in [0.1, 0.15) is 11.2 Å². The van der Waals surface area contributed by atoms with Gasteiger partial charge in [0.25, 0.3) is 11.6 Å². The number of nitro groups is 1. The van der Waals surface area contributed by atoms with Gasteiger partial charge in [0.05, 0.1) is 18.1 Å². The summed E-state index contributed by atoms with van der Waals surface area (Å²) < 4.78 is 11.2. The Bertz CT molecular complexity index is 1440. The number of ether oxygens (including phenoxy) is 1. The molecular formula is C26H24N4O5. The fourth-order valence-corrected chi connectivity index (χ4v) is 4.09. The molecule has 1 saturated heterocycles.